The van der Waals surface area contributed by atoms with Gasteiger partial charge in [0.15, 0.2) is 0 Å². The number of benzene rings is 2. The zero-order valence-corrected chi connectivity index (χ0v) is 24.2. The van der Waals surface area contributed by atoms with E-state index in [0.29, 0.717) is 18.1 Å². The lowest BCUT2D eigenvalue weighted by atomic mass is 9.97. The molecule has 2 aromatic carbocycles. The molecular formula is C28H35F3N4O5S. The predicted octanol–water partition coefficient (Wildman–Crippen LogP) is 3.26. The fourth-order valence-corrected chi connectivity index (χ4v) is 6.34. The summed E-state index contributed by atoms with van der Waals surface area (Å²) in [5.74, 6) is -1.04. The highest BCUT2D eigenvalue weighted by Gasteiger charge is 2.50. The van der Waals surface area contributed by atoms with Gasteiger partial charge in [-0.05, 0) is 48.2 Å². The van der Waals surface area contributed by atoms with Crippen LogP contribution < -0.4 is 10.6 Å². The van der Waals surface area contributed by atoms with Gasteiger partial charge in [0, 0.05) is 46.1 Å². The Hall–Kier alpha value is -3.45. The summed E-state index contributed by atoms with van der Waals surface area (Å²) in [6.07, 6.45) is -4.70. The van der Waals surface area contributed by atoms with E-state index >= 15 is 0 Å². The van der Waals surface area contributed by atoms with Gasteiger partial charge in [0.1, 0.15) is 5.54 Å². The zero-order chi connectivity index (χ0) is 30.6. The molecule has 0 unspecified atom stereocenters. The Kier molecular flexibility index (Phi) is 9.85. The molecule has 41 heavy (non-hydrogen) atoms. The number of piperazine rings is 1. The summed E-state index contributed by atoms with van der Waals surface area (Å²) in [5, 5.41) is 5.30. The van der Waals surface area contributed by atoms with E-state index in [2.05, 4.69) is 24.5 Å². The van der Waals surface area contributed by atoms with Crippen molar-refractivity contribution in [2.24, 2.45) is 0 Å². The van der Waals surface area contributed by atoms with Crippen LogP contribution in [0.3, 0.4) is 0 Å². The highest BCUT2D eigenvalue weighted by Crippen LogP contribution is 2.33. The molecule has 9 nitrogen and oxygen atoms in total. The van der Waals surface area contributed by atoms with Crippen molar-refractivity contribution in [3.05, 3.63) is 65.2 Å². The van der Waals surface area contributed by atoms with Crippen molar-refractivity contribution in [3.8, 4) is 0 Å². The maximum absolute atomic E-state index is 13.7. The fraction of sp³-hybridized carbons (Fsp3) is 0.464. The van der Waals surface area contributed by atoms with Crippen molar-refractivity contribution in [1.82, 2.24) is 19.8 Å². The van der Waals surface area contributed by atoms with Crippen molar-refractivity contribution in [2.75, 3.05) is 26.2 Å². The van der Waals surface area contributed by atoms with Crippen LogP contribution in [0.4, 0.5) is 13.2 Å². The Morgan fingerprint density at radius 2 is 1.59 bits per heavy atom. The minimum atomic E-state index is -4.65. The van der Waals surface area contributed by atoms with Gasteiger partial charge in [-0.15, -0.1) is 0 Å². The predicted molar refractivity (Wildman–Crippen MR) is 146 cm³/mol. The van der Waals surface area contributed by atoms with E-state index in [4.69, 9.17) is 0 Å². The van der Waals surface area contributed by atoms with Crippen molar-refractivity contribution in [2.45, 2.75) is 63.2 Å². The van der Waals surface area contributed by atoms with Gasteiger partial charge in [-0.3, -0.25) is 14.4 Å². The van der Waals surface area contributed by atoms with E-state index in [1.165, 1.54) is 18.7 Å². The first-order valence-corrected chi connectivity index (χ1v) is 14.6. The second-order valence-electron chi connectivity index (χ2n) is 10.5. The first-order valence-electron chi connectivity index (χ1n) is 13.1. The summed E-state index contributed by atoms with van der Waals surface area (Å²) < 4.78 is 67.5. The fourth-order valence-electron chi connectivity index (χ4n) is 4.61. The number of hydrogen-bond acceptors (Lipinski definition) is 5. The highest BCUT2D eigenvalue weighted by atomic mass is 32.2. The minimum absolute atomic E-state index is 0.0433. The van der Waals surface area contributed by atoms with Gasteiger partial charge in [0.2, 0.25) is 27.7 Å². The number of hydrogen-bond donors (Lipinski definition) is 2. The number of sulfonamides is 1. The number of amides is 3. The van der Waals surface area contributed by atoms with Crippen molar-refractivity contribution < 1.29 is 36.0 Å². The number of carbonyl (C=O) groups excluding carboxylic acids is 3. The minimum Gasteiger partial charge on any atom is -0.356 e. The number of halogens is 3. The quantitative estimate of drug-likeness (QED) is 0.461. The second-order valence-corrected chi connectivity index (χ2v) is 12.4. The molecule has 1 aliphatic heterocycles. The van der Waals surface area contributed by atoms with Crippen molar-refractivity contribution in [1.29, 1.82) is 0 Å². The molecule has 0 aliphatic carbocycles. The molecule has 1 aliphatic rings. The molecule has 0 spiro atoms. The Bertz CT molecular complexity index is 1360. The van der Waals surface area contributed by atoms with Crippen LogP contribution in [0.25, 0.3) is 0 Å². The number of rotatable bonds is 9. The van der Waals surface area contributed by atoms with Gasteiger partial charge in [-0.1, -0.05) is 38.1 Å². The molecule has 1 saturated heterocycles. The molecule has 0 bridgehead atoms. The van der Waals surface area contributed by atoms with Crippen LogP contribution in [0, 0.1) is 0 Å². The Morgan fingerprint density at radius 1 is 0.976 bits per heavy atom. The van der Waals surface area contributed by atoms with Crippen molar-refractivity contribution >= 4 is 27.7 Å². The Morgan fingerprint density at radius 3 is 2.12 bits per heavy atom. The van der Waals surface area contributed by atoms with Crippen LogP contribution in [0.15, 0.2) is 53.4 Å². The van der Waals surface area contributed by atoms with E-state index in [0.717, 1.165) is 27.6 Å². The normalized spacial score (nSPS) is 18.3. The van der Waals surface area contributed by atoms with Gasteiger partial charge in [0.05, 0.1) is 10.5 Å². The summed E-state index contributed by atoms with van der Waals surface area (Å²) in [5.41, 5.74) is -0.888. The van der Waals surface area contributed by atoms with E-state index in [1.54, 1.807) is 0 Å². The molecule has 0 saturated carbocycles. The van der Waals surface area contributed by atoms with Crippen molar-refractivity contribution in [3.63, 3.8) is 0 Å². The average Bonchev–Trinajstić information content (AvgIpc) is 2.91. The van der Waals surface area contributed by atoms with Crippen LogP contribution in [0.1, 0.15) is 56.7 Å². The lowest BCUT2D eigenvalue weighted by Gasteiger charge is -2.46. The third-order valence-corrected chi connectivity index (χ3v) is 9.08. The molecule has 1 heterocycles. The van der Waals surface area contributed by atoms with E-state index in [1.807, 2.05) is 24.3 Å². The van der Waals surface area contributed by atoms with Gasteiger partial charge in [-0.2, -0.15) is 17.5 Å². The third-order valence-electron chi connectivity index (χ3n) is 7.05. The molecule has 2 N–H and O–H groups in total. The molecule has 1 fully saturated rings. The maximum atomic E-state index is 13.7. The van der Waals surface area contributed by atoms with Crippen LogP contribution in [-0.4, -0.2) is 67.1 Å². The first-order chi connectivity index (χ1) is 19.1. The van der Waals surface area contributed by atoms with E-state index in [9.17, 15) is 36.0 Å². The van der Waals surface area contributed by atoms with Crippen LogP contribution in [0.2, 0.25) is 0 Å². The molecule has 224 valence electrons. The molecular weight excluding hydrogens is 561 g/mol. The second kappa shape index (κ2) is 12.6. The number of carbonyl (C=O) groups is 3. The topological polar surface area (TPSA) is 116 Å². The van der Waals surface area contributed by atoms with Gasteiger partial charge < -0.3 is 15.5 Å². The molecule has 0 radical (unpaired) electrons. The smallest absolute Gasteiger partial charge is 0.356 e. The van der Waals surface area contributed by atoms with Gasteiger partial charge in [0.25, 0.3) is 0 Å². The van der Waals surface area contributed by atoms with E-state index in [-0.39, 0.29) is 51.0 Å². The third kappa shape index (κ3) is 7.64. The number of nitrogens with zero attached hydrogens (tertiary/aromatic N) is 2. The largest absolute Gasteiger partial charge is 0.416 e. The molecule has 0 aromatic heterocycles. The van der Waals surface area contributed by atoms with Gasteiger partial charge in [-0.25, -0.2) is 8.42 Å². The number of nitrogens with one attached hydrogen (secondary N) is 2. The molecule has 3 rings (SSSR count). The Labute approximate surface area is 238 Å². The first kappa shape index (κ1) is 32.1. The molecule has 2 aromatic rings. The summed E-state index contributed by atoms with van der Waals surface area (Å²) in [6.45, 7) is 6.38. The molecule has 1 atom stereocenters. The summed E-state index contributed by atoms with van der Waals surface area (Å²) >= 11 is 0. The van der Waals surface area contributed by atoms with Crippen LogP contribution in [0.5, 0.6) is 0 Å². The summed E-state index contributed by atoms with van der Waals surface area (Å²) in [6, 6.07) is 10.6. The SMILES string of the molecule is CC(=O)NCCC(=O)N1CCN(S(=O)(=O)c2ccc(C(F)(F)F)cc2)[C@](C)(C(=O)NCc2ccc(C(C)C)cc2)C1. The van der Waals surface area contributed by atoms with Crippen LogP contribution in [-0.2, 0) is 37.1 Å². The summed E-state index contributed by atoms with van der Waals surface area (Å²) in [7, 11) is -4.44. The summed E-state index contributed by atoms with van der Waals surface area (Å²) in [4.78, 5) is 38.7. The lowest BCUT2D eigenvalue weighted by Crippen LogP contribution is -2.68. The average molecular weight is 597 g/mol. The standard InChI is InChI=1S/C28H35F3N4O5S/c1-19(2)22-7-5-21(6-8-22)17-33-26(38)27(4)18-34(25(37)13-14-32-20(3)36)15-16-35(27)41(39,40)24-11-9-23(10-12-24)28(29,30)31/h5-12,19H,13-18H2,1-4H3,(H,32,36)(H,33,38)/t27-/m0/s1. The zero-order valence-electron chi connectivity index (χ0n) is 23.4. The highest BCUT2D eigenvalue weighted by molar-refractivity contribution is 7.89. The molecule has 3 amide bonds. The maximum Gasteiger partial charge on any atom is 0.416 e. The monoisotopic (exact) mass is 596 g/mol. The van der Waals surface area contributed by atoms with E-state index < -0.39 is 38.1 Å². The Balaban J connectivity index is 1.89. The lowest BCUT2D eigenvalue weighted by molar-refractivity contribution is -0.141. The molecule has 13 heteroatoms. The number of alkyl halides is 3. The van der Waals surface area contributed by atoms with Gasteiger partial charge >= 0.3 is 6.18 Å². The van der Waals surface area contributed by atoms with Crippen LogP contribution >= 0.6 is 0 Å².